The third-order valence-corrected chi connectivity index (χ3v) is 7.72. The molecule has 2 N–H and O–H groups in total. The van der Waals surface area contributed by atoms with Gasteiger partial charge in [0.1, 0.15) is 46.3 Å². The van der Waals surface area contributed by atoms with E-state index < -0.39 is 48.8 Å². The molecule has 0 aliphatic carbocycles. The summed E-state index contributed by atoms with van der Waals surface area (Å²) in [4.78, 5) is 4.17. The lowest BCUT2D eigenvalue weighted by Crippen LogP contribution is -2.53. The summed E-state index contributed by atoms with van der Waals surface area (Å²) in [5.74, 6) is 0. The van der Waals surface area contributed by atoms with E-state index in [1.165, 1.54) is 29.3 Å². The van der Waals surface area contributed by atoms with Crippen molar-refractivity contribution in [1.82, 2.24) is 29.8 Å². The highest BCUT2D eigenvalue weighted by atomic mass is 35.5. The Balaban J connectivity index is 1.61. The van der Waals surface area contributed by atoms with Crippen LogP contribution in [0.1, 0.15) is 29.1 Å². The first kappa shape index (κ1) is 28.0. The van der Waals surface area contributed by atoms with E-state index in [1.807, 2.05) is 0 Å². The normalized spacial score (nSPS) is 23.9. The van der Waals surface area contributed by atoms with Gasteiger partial charge in [-0.15, -0.1) is 16.4 Å². The molecule has 4 aromatic rings. The van der Waals surface area contributed by atoms with Crippen LogP contribution in [0.5, 0.6) is 0 Å². The van der Waals surface area contributed by atoms with E-state index in [0.717, 1.165) is 22.9 Å². The number of ether oxygens (including phenoxy) is 2. The number of aliphatic hydroxyl groups excluding tert-OH is 2. The molecule has 10 nitrogen and oxygen atoms in total. The Hall–Kier alpha value is -2.59. The van der Waals surface area contributed by atoms with Crippen LogP contribution in [0.2, 0.25) is 10.2 Å². The maximum atomic E-state index is 13.9. The fraction of sp³-hybridized carbons (Fsp3) is 0.391. The highest BCUT2D eigenvalue weighted by Crippen LogP contribution is 2.42. The van der Waals surface area contributed by atoms with Crippen molar-refractivity contribution in [1.29, 1.82) is 0 Å². The second-order valence-electron chi connectivity index (χ2n) is 8.80. The fourth-order valence-electron chi connectivity index (χ4n) is 4.63. The zero-order valence-corrected chi connectivity index (χ0v) is 22.6. The molecule has 0 unspecified atom stereocenters. The molecule has 3 aromatic heterocycles. The van der Waals surface area contributed by atoms with Gasteiger partial charge in [0, 0.05) is 17.5 Å². The van der Waals surface area contributed by atoms with Crippen molar-refractivity contribution in [3.63, 3.8) is 0 Å². The summed E-state index contributed by atoms with van der Waals surface area (Å²) < 4.78 is 56.1. The predicted molar refractivity (Wildman–Crippen MR) is 135 cm³/mol. The first-order valence-corrected chi connectivity index (χ1v) is 13.1. The minimum absolute atomic E-state index is 0.0731. The van der Waals surface area contributed by atoms with E-state index in [0.29, 0.717) is 16.4 Å². The zero-order chi connectivity index (χ0) is 28.1. The van der Waals surface area contributed by atoms with E-state index in [2.05, 4.69) is 20.4 Å². The molecule has 1 aliphatic rings. The van der Waals surface area contributed by atoms with Gasteiger partial charge in [0.05, 0.1) is 35.4 Å². The summed E-state index contributed by atoms with van der Waals surface area (Å²) in [6, 6.07) is 3.76. The number of halogens is 5. The largest absolute Gasteiger partial charge is 0.418 e. The van der Waals surface area contributed by atoms with E-state index >= 15 is 0 Å². The van der Waals surface area contributed by atoms with Gasteiger partial charge in [-0.05, 0) is 31.2 Å². The van der Waals surface area contributed by atoms with Gasteiger partial charge in [0.2, 0.25) is 0 Å². The molecule has 5 atom stereocenters. The van der Waals surface area contributed by atoms with Gasteiger partial charge < -0.3 is 19.7 Å². The van der Waals surface area contributed by atoms with Crippen LogP contribution in [-0.4, -0.2) is 72.0 Å². The van der Waals surface area contributed by atoms with Crippen molar-refractivity contribution in [2.75, 3.05) is 13.7 Å². The quantitative estimate of drug-likeness (QED) is 0.335. The maximum Gasteiger partial charge on any atom is 0.418 e. The summed E-state index contributed by atoms with van der Waals surface area (Å²) in [5, 5.41) is 36.2. The summed E-state index contributed by atoms with van der Waals surface area (Å²) in [6.45, 7) is 1.02. The molecule has 16 heteroatoms. The zero-order valence-electron chi connectivity index (χ0n) is 20.3. The van der Waals surface area contributed by atoms with E-state index in [1.54, 1.807) is 18.4 Å². The first-order valence-electron chi connectivity index (χ1n) is 11.5. The van der Waals surface area contributed by atoms with Gasteiger partial charge in [0.15, 0.2) is 0 Å². The number of alkyl halides is 3. The molecule has 1 saturated heterocycles. The standard InChI is InChI=1S/C23H21Cl2F3N6O4S/c1-10-5-15(34(31-10)14-6-11(24)3-4-12(14)23(26,27)28)20-21(37-2)18(19(36)16(8-35)38-20)33-7-13(30-32-33)22-29-17(25)9-39-22/h3-7,9,16,18-21,35-36H,8H2,1-2H3/t16-,18+,19+,20+,21-/m1/s1. The lowest BCUT2D eigenvalue weighted by molar-refractivity contribution is -0.216. The number of aromatic nitrogens is 6. The predicted octanol–water partition coefficient (Wildman–Crippen LogP) is 4.27. The molecular weight excluding hydrogens is 584 g/mol. The highest BCUT2D eigenvalue weighted by Gasteiger charge is 2.49. The van der Waals surface area contributed by atoms with Crippen LogP contribution in [-0.2, 0) is 15.7 Å². The van der Waals surface area contributed by atoms with Gasteiger partial charge >= 0.3 is 6.18 Å². The molecule has 0 amide bonds. The van der Waals surface area contributed by atoms with E-state index in [9.17, 15) is 23.4 Å². The van der Waals surface area contributed by atoms with Crippen LogP contribution in [0.15, 0.2) is 35.8 Å². The lowest BCUT2D eigenvalue weighted by atomic mass is 9.90. The van der Waals surface area contributed by atoms with Crippen molar-refractivity contribution in [2.45, 2.75) is 43.6 Å². The van der Waals surface area contributed by atoms with Gasteiger partial charge in [-0.2, -0.15) is 18.3 Å². The molecule has 1 aromatic carbocycles. The van der Waals surface area contributed by atoms with Gasteiger partial charge in [-0.3, -0.25) is 0 Å². The number of hydrogen-bond donors (Lipinski definition) is 2. The molecule has 1 fully saturated rings. The van der Waals surface area contributed by atoms with Crippen molar-refractivity contribution in [3.8, 4) is 16.4 Å². The van der Waals surface area contributed by atoms with Crippen LogP contribution in [0, 0.1) is 6.92 Å². The molecular formula is C23H21Cl2F3N6O4S. The summed E-state index contributed by atoms with van der Waals surface area (Å²) >= 11 is 13.3. The van der Waals surface area contributed by atoms with E-state index in [4.69, 9.17) is 32.7 Å². The molecule has 0 bridgehead atoms. The summed E-state index contributed by atoms with van der Waals surface area (Å²) in [5.41, 5.74) is -0.312. The van der Waals surface area contributed by atoms with Crippen LogP contribution >= 0.6 is 34.5 Å². The van der Waals surface area contributed by atoms with Crippen LogP contribution in [0.3, 0.4) is 0 Å². The Bertz CT molecular complexity index is 1480. The van der Waals surface area contributed by atoms with Gasteiger partial charge in [-0.1, -0.05) is 28.4 Å². The van der Waals surface area contributed by atoms with Crippen molar-refractivity contribution in [3.05, 3.63) is 63.0 Å². The summed E-state index contributed by atoms with van der Waals surface area (Å²) in [6.07, 6.45) is -7.72. The first-order chi connectivity index (χ1) is 18.5. The molecule has 1 aliphatic heterocycles. The maximum absolute atomic E-state index is 13.9. The smallest absolute Gasteiger partial charge is 0.394 e. The molecule has 0 radical (unpaired) electrons. The molecule has 4 heterocycles. The topological polar surface area (TPSA) is 120 Å². The number of methoxy groups -OCH3 is 1. The van der Waals surface area contributed by atoms with Crippen LogP contribution in [0.4, 0.5) is 13.2 Å². The van der Waals surface area contributed by atoms with Crippen molar-refractivity contribution in [2.24, 2.45) is 0 Å². The third kappa shape index (κ3) is 5.29. The average molecular weight is 605 g/mol. The highest BCUT2D eigenvalue weighted by molar-refractivity contribution is 7.13. The number of aryl methyl sites for hydroxylation is 1. The fourth-order valence-corrected chi connectivity index (χ4v) is 5.69. The summed E-state index contributed by atoms with van der Waals surface area (Å²) in [7, 11) is 1.37. The Morgan fingerprint density at radius 2 is 2.00 bits per heavy atom. The number of hydrogen-bond acceptors (Lipinski definition) is 9. The number of benzene rings is 1. The van der Waals surface area contributed by atoms with E-state index in [-0.39, 0.29) is 21.6 Å². The average Bonchev–Trinajstić information content (AvgIpc) is 3.62. The monoisotopic (exact) mass is 604 g/mol. The Kier molecular flexibility index (Phi) is 7.72. The van der Waals surface area contributed by atoms with Gasteiger partial charge in [-0.25, -0.2) is 14.3 Å². The van der Waals surface area contributed by atoms with Crippen LogP contribution < -0.4 is 0 Å². The molecule has 0 saturated carbocycles. The number of rotatable bonds is 6. The minimum Gasteiger partial charge on any atom is -0.394 e. The molecule has 39 heavy (non-hydrogen) atoms. The SMILES string of the molecule is CO[C@@H]1[C@@H](n2cc(-c3nc(Cl)cs3)nn2)[C@@H](O)[C@@H](CO)O[C@H]1c1cc(C)nn1-c1cc(Cl)ccc1C(F)(F)F. The second-order valence-corrected chi connectivity index (χ2v) is 10.5. The molecule has 208 valence electrons. The number of thiazole rings is 1. The van der Waals surface area contributed by atoms with Crippen molar-refractivity contribution < 1.29 is 32.9 Å². The minimum atomic E-state index is -4.70. The Labute approximate surface area is 233 Å². The van der Waals surface area contributed by atoms with Gasteiger partial charge in [0.25, 0.3) is 0 Å². The van der Waals surface area contributed by atoms with Crippen molar-refractivity contribution >= 4 is 34.5 Å². The number of nitrogens with zero attached hydrogens (tertiary/aromatic N) is 6. The third-order valence-electron chi connectivity index (χ3n) is 6.29. The number of aliphatic hydroxyl groups is 2. The molecule has 5 rings (SSSR count). The Morgan fingerprint density at radius 1 is 1.23 bits per heavy atom. The molecule has 0 spiro atoms. The Morgan fingerprint density at radius 3 is 2.64 bits per heavy atom. The lowest BCUT2D eigenvalue weighted by Gasteiger charge is -2.43. The second kappa shape index (κ2) is 10.8. The van der Waals surface area contributed by atoms with Crippen LogP contribution in [0.25, 0.3) is 16.4 Å².